The third-order valence-electron chi connectivity index (χ3n) is 4.10. The molecule has 2 nitrogen and oxygen atoms in total. The molecule has 1 aromatic heterocycles. The maximum absolute atomic E-state index is 12.9. The van der Waals surface area contributed by atoms with Crippen molar-refractivity contribution in [1.29, 1.82) is 0 Å². The second-order valence-electron chi connectivity index (χ2n) is 6.24. The van der Waals surface area contributed by atoms with Crippen molar-refractivity contribution in [3.63, 3.8) is 0 Å². The van der Waals surface area contributed by atoms with E-state index in [4.69, 9.17) is 11.6 Å². The highest BCUT2D eigenvalue weighted by Gasteiger charge is 2.18. The average molecular weight is 326 g/mol. The standard InChI is InChI=1S/C20H20ClNO/c1-14(2)11-12-22-13-17(15-7-4-6-10-19(15)22)20(23)16-8-3-5-9-18(16)21/h3-10,13-14H,11-12H2,1-2H3. The van der Waals surface area contributed by atoms with E-state index >= 15 is 0 Å². The SMILES string of the molecule is CC(C)CCn1cc(C(=O)c2ccccc2Cl)c2ccccc21. The van der Waals surface area contributed by atoms with Crippen LogP contribution in [0.2, 0.25) is 5.02 Å². The molecule has 0 atom stereocenters. The number of aryl methyl sites for hydroxylation is 1. The van der Waals surface area contributed by atoms with Crippen LogP contribution in [0.4, 0.5) is 0 Å². The molecule has 2 aromatic carbocycles. The minimum Gasteiger partial charge on any atom is -0.347 e. The molecule has 0 bridgehead atoms. The fourth-order valence-electron chi connectivity index (χ4n) is 2.80. The molecule has 0 fully saturated rings. The van der Waals surface area contributed by atoms with Crippen molar-refractivity contribution < 1.29 is 4.79 Å². The Bertz CT molecular complexity index is 848. The predicted octanol–water partition coefficient (Wildman–Crippen LogP) is 5.57. The third-order valence-corrected chi connectivity index (χ3v) is 4.43. The van der Waals surface area contributed by atoms with Gasteiger partial charge in [-0.15, -0.1) is 0 Å². The van der Waals surface area contributed by atoms with E-state index in [1.54, 1.807) is 12.1 Å². The molecule has 0 aliphatic rings. The van der Waals surface area contributed by atoms with Gasteiger partial charge in [-0.3, -0.25) is 4.79 Å². The number of nitrogens with zero attached hydrogens (tertiary/aromatic N) is 1. The summed E-state index contributed by atoms with van der Waals surface area (Å²) < 4.78 is 2.18. The van der Waals surface area contributed by atoms with Crippen molar-refractivity contribution in [1.82, 2.24) is 4.57 Å². The van der Waals surface area contributed by atoms with Crippen LogP contribution in [0.1, 0.15) is 36.2 Å². The molecular weight excluding hydrogens is 306 g/mol. The van der Waals surface area contributed by atoms with Gasteiger partial charge in [-0.25, -0.2) is 0 Å². The lowest BCUT2D eigenvalue weighted by Gasteiger charge is -2.07. The Balaban J connectivity index is 2.07. The Morgan fingerprint density at radius 1 is 1.04 bits per heavy atom. The summed E-state index contributed by atoms with van der Waals surface area (Å²) in [4.78, 5) is 12.9. The first-order valence-electron chi connectivity index (χ1n) is 7.95. The fraction of sp³-hybridized carbons (Fsp3) is 0.250. The molecule has 0 N–H and O–H groups in total. The smallest absolute Gasteiger partial charge is 0.196 e. The summed E-state index contributed by atoms with van der Waals surface area (Å²) in [7, 11) is 0. The zero-order valence-corrected chi connectivity index (χ0v) is 14.2. The first kappa shape index (κ1) is 15.8. The van der Waals surface area contributed by atoms with E-state index in [0.29, 0.717) is 16.5 Å². The molecule has 0 saturated carbocycles. The van der Waals surface area contributed by atoms with Crippen LogP contribution in [-0.2, 0) is 6.54 Å². The maximum Gasteiger partial charge on any atom is 0.196 e. The summed E-state index contributed by atoms with van der Waals surface area (Å²) in [6.07, 6.45) is 3.05. The zero-order valence-electron chi connectivity index (χ0n) is 13.4. The molecule has 3 aromatic rings. The third kappa shape index (κ3) is 3.18. The van der Waals surface area contributed by atoms with Gasteiger partial charge >= 0.3 is 0 Å². The van der Waals surface area contributed by atoms with Gasteiger partial charge in [0.1, 0.15) is 0 Å². The van der Waals surface area contributed by atoms with Crippen LogP contribution >= 0.6 is 11.6 Å². The van der Waals surface area contributed by atoms with Crippen molar-refractivity contribution in [2.45, 2.75) is 26.8 Å². The van der Waals surface area contributed by atoms with Crippen molar-refractivity contribution in [3.8, 4) is 0 Å². The lowest BCUT2D eigenvalue weighted by Crippen LogP contribution is -2.02. The Morgan fingerprint density at radius 3 is 2.48 bits per heavy atom. The van der Waals surface area contributed by atoms with Gasteiger partial charge in [-0.1, -0.05) is 55.8 Å². The normalized spacial score (nSPS) is 11.3. The Labute approximate surface area is 141 Å². The number of hydrogen-bond acceptors (Lipinski definition) is 1. The number of aromatic nitrogens is 1. The second-order valence-corrected chi connectivity index (χ2v) is 6.65. The van der Waals surface area contributed by atoms with Crippen LogP contribution in [-0.4, -0.2) is 10.4 Å². The van der Waals surface area contributed by atoms with Crippen molar-refractivity contribution in [2.24, 2.45) is 5.92 Å². The predicted molar refractivity (Wildman–Crippen MR) is 96.3 cm³/mol. The summed E-state index contributed by atoms with van der Waals surface area (Å²) in [5, 5.41) is 1.48. The molecule has 0 unspecified atom stereocenters. The van der Waals surface area contributed by atoms with Crippen LogP contribution < -0.4 is 0 Å². The molecule has 23 heavy (non-hydrogen) atoms. The first-order chi connectivity index (χ1) is 11.1. The number of para-hydroxylation sites is 1. The van der Waals surface area contributed by atoms with Crippen molar-refractivity contribution in [3.05, 3.63) is 70.9 Å². The topological polar surface area (TPSA) is 22.0 Å². The average Bonchev–Trinajstić information content (AvgIpc) is 2.92. The summed E-state index contributed by atoms with van der Waals surface area (Å²) in [6, 6.07) is 15.3. The minimum absolute atomic E-state index is 0.0184. The van der Waals surface area contributed by atoms with Gasteiger partial charge in [0.05, 0.1) is 5.02 Å². The molecule has 118 valence electrons. The fourth-order valence-corrected chi connectivity index (χ4v) is 3.02. The number of carbonyl (C=O) groups is 1. The summed E-state index contributed by atoms with van der Waals surface area (Å²) in [5.41, 5.74) is 2.38. The molecule has 0 aliphatic heterocycles. The monoisotopic (exact) mass is 325 g/mol. The van der Waals surface area contributed by atoms with Crippen LogP contribution in [0, 0.1) is 5.92 Å². The van der Waals surface area contributed by atoms with Gasteiger partial charge in [-0.2, -0.15) is 0 Å². The Kier molecular flexibility index (Phi) is 4.53. The minimum atomic E-state index is -0.0184. The molecule has 0 radical (unpaired) electrons. The van der Waals surface area contributed by atoms with Gasteiger partial charge in [0, 0.05) is 34.8 Å². The lowest BCUT2D eigenvalue weighted by atomic mass is 10.0. The van der Waals surface area contributed by atoms with E-state index in [1.165, 1.54) is 0 Å². The van der Waals surface area contributed by atoms with Crippen LogP contribution in [0.3, 0.4) is 0 Å². The van der Waals surface area contributed by atoms with Crippen LogP contribution in [0.5, 0.6) is 0 Å². The number of ketones is 1. The Morgan fingerprint density at radius 2 is 1.74 bits per heavy atom. The van der Waals surface area contributed by atoms with Gasteiger partial charge in [0.25, 0.3) is 0 Å². The summed E-state index contributed by atoms with van der Waals surface area (Å²) in [6.45, 7) is 5.33. The van der Waals surface area contributed by atoms with E-state index in [2.05, 4.69) is 24.5 Å². The van der Waals surface area contributed by atoms with E-state index < -0.39 is 0 Å². The number of rotatable bonds is 5. The molecule has 0 spiro atoms. The molecule has 0 aliphatic carbocycles. The van der Waals surface area contributed by atoms with E-state index in [1.807, 2.05) is 36.5 Å². The van der Waals surface area contributed by atoms with Crippen molar-refractivity contribution in [2.75, 3.05) is 0 Å². The van der Waals surface area contributed by atoms with Crippen LogP contribution in [0.25, 0.3) is 10.9 Å². The van der Waals surface area contributed by atoms with Gasteiger partial charge in [-0.05, 0) is 30.5 Å². The number of halogens is 1. The van der Waals surface area contributed by atoms with Gasteiger partial charge < -0.3 is 4.57 Å². The highest BCUT2D eigenvalue weighted by molar-refractivity contribution is 6.35. The summed E-state index contributed by atoms with van der Waals surface area (Å²) in [5.74, 6) is 0.606. The molecule has 0 saturated heterocycles. The van der Waals surface area contributed by atoms with Gasteiger partial charge in [0.2, 0.25) is 0 Å². The number of hydrogen-bond donors (Lipinski definition) is 0. The van der Waals surface area contributed by atoms with Crippen LogP contribution in [0.15, 0.2) is 54.7 Å². The molecule has 3 rings (SSSR count). The quantitative estimate of drug-likeness (QED) is 0.562. The maximum atomic E-state index is 12.9. The van der Waals surface area contributed by atoms with Gasteiger partial charge in [0.15, 0.2) is 5.78 Å². The number of carbonyl (C=O) groups excluding carboxylic acids is 1. The van der Waals surface area contributed by atoms with E-state index in [-0.39, 0.29) is 5.78 Å². The molecular formula is C20H20ClNO. The first-order valence-corrected chi connectivity index (χ1v) is 8.33. The highest BCUT2D eigenvalue weighted by atomic mass is 35.5. The largest absolute Gasteiger partial charge is 0.347 e. The number of fused-ring (bicyclic) bond motifs is 1. The second kappa shape index (κ2) is 6.59. The highest BCUT2D eigenvalue weighted by Crippen LogP contribution is 2.27. The molecule has 3 heteroatoms. The lowest BCUT2D eigenvalue weighted by molar-refractivity contribution is 0.104. The van der Waals surface area contributed by atoms with Crippen molar-refractivity contribution >= 4 is 28.3 Å². The van der Waals surface area contributed by atoms with E-state index in [9.17, 15) is 4.79 Å². The number of benzene rings is 2. The summed E-state index contributed by atoms with van der Waals surface area (Å²) >= 11 is 6.20. The Hall–Kier alpha value is -2.06. The van der Waals surface area contributed by atoms with E-state index in [0.717, 1.165) is 29.4 Å². The molecule has 0 amide bonds. The zero-order chi connectivity index (χ0) is 16.4. The molecule has 1 heterocycles.